The van der Waals surface area contributed by atoms with Crippen LogP contribution in [0.3, 0.4) is 0 Å². The molecular weight excluding hydrogens is 219 g/mol. The van der Waals surface area contributed by atoms with Crippen molar-refractivity contribution in [3.63, 3.8) is 0 Å². The van der Waals surface area contributed by atoms with Gasteiger partial charge in [-0.1, -0.05) is 6.92 Å². The first kappa shape index (κ1) is 12.6. The summed E-state index contributed by atoms with van der Waals surface area (Å²) in [4.78, 5) is 5.01. The summed E-state index contributed by atoms with van der Waals surface area (Å²) in [5.41, 5.74) is 6.25. The number of hydrogen-bond donors (Lipinski definition) is 1. The zero-order valence-electron chi connectivity index (χ0n) is 8.96. The van der Waals surface area contributed by atoms with Crippen LogP contribution in [0.5, 0.6) is 0 Å². The maximum Gasteiger partial charge on any atom is 0.405 e. The van der Waals surface area contributed by atoms with Gasteiger partial charge in [-0.2, -0.15) is 13.2 Å². The highest BCUT2D eigenvalue weighted by atomic mass is 19.4. The lowest BCUT2D eigenvalue weighted by atomic mass is 10.3. The summed E-state index contributed by atoms with van der Waals surface area (Å²) in [6.45, 7) is 1.17. The zero-order chi connectivity index (χ0) is 12.2. The van der Waals surface area contributed by atoms with Crippen molar-refractivity contribution in [3.05, 3.63) is 18.5 Å². The van der Waals surface area contributed by atoms with Gasteiger partial charge in [-0.15, -0.1) is 0 Å². The largest absolute Gasteiger partial charge is 0.405 e. The van der Waals surface area contributed by atoms with E-state index in [1.54, 1.807) is 0 Å². The highest BCUT2D eigenvalue weighted by molar-refractivity contribution is 5.53. The molecule has 0 amide bonds. The first-order valence-corrected chi connectivity index (χ1v) is 4.94. The second-order valence-corrected chi connectivity index (χ2v) is 3.51. The van der Waals surface area contributed by atoms with Gasteiger partial charge in [0.15, 0.2) is 0 Å². The van der Waals surface area contributed by atoms with E-state index in [4.69, 9.17) is 5.73 Å². The molecule has 0 fully saturated rings. The Morgan fingerprint density at radius 1 is 1.38 bits per heavy atom. The fraction of sp³-hybridized carbons (Fsp3) is 0.500. The van der Waals surface area contributed by atoms with Crippen molar-refractivity contribution in [1.29, 1.82) is 0 Å². The van der Waals surface area contributed by atoms with Gasteiger partial charge in [-0.25, -0.2) is 0 Å². The van der Waals surface area contributed by atoms with Crippen LogP contribution in [0, 0.1) is 0 Å². The number of nitrogen functional groups attached to an aromatic ring is 1. The van der Waals surface area contributed by atoms with E-state index < -0.39 is 12.7 Å². The van der Waals surface area contributed by atoms with Crippen molar-refractivity contribution in [2.75, 3.05) is 23.7 Å². The predicted octanol–water partition coefficient (Wildman–Crippen LogP) is 2.44. The molecule has 0 radical (unpaired) electrons. The normalized spacial score (nSPS) is 11.5. The highest BCUT2D eigenvalue weighted by Crippen LogP contribution is 2.22. The van der Waals surface area contributed by atoms with Crippen LogP contribution in [0.2, 0.25) is 0 Å². The summed E-state index contributed by atoms with van der Waals surface area (Å²) in [7, 11) is 0. The van der Waals surface area contributed by atoms with Crippen LogP contribution in [-0.2, 0) is 0 Å². The minimum atomic E-state index is -4.22. The molecule has 2 N–H and O–H groups in total. The number of nitrogens with two attached hydrogens (primary N) is 1. The van der Waals surface area contributed by atoms with E-state index in [9.17, 15) is 13.2 Å². The molecule has 0 spiro atoms. The standard InChI is InChI=1S/C10H14F3N3/c1-2-3-16(7-10(11,12)13)9-4-8(14)5-15-6-9/h4-6H,2-3,7,14H2,1H3. The van der Waals surface area contributed by atoms with E-state index in [0.717, 1.165) is 0 Å². The average Bonchev–Trinajstić information content (AvgIpc) is 2.15. The van der Waals surface area contributed by atoms with Crippen molar-refractivity contribution >= 4 is 11.4 Å². The molecule has 0 aliphatic carbocycles. The lowest BCUT2D eigenvalue weighted by molar-refractivity contribution is -0.119. The van der Waals surface area contributed by atoms with Crippen LogP contribution >= 0.6 is 0 Å². The summed E-state index contributed by atoms with van der Waals surface area (Å²) < 4.78 is 37.0. The summed E-state index contributed by atoms with van der Waals surface area (Å²) in [5, 5.41) is 0. The Labute approximate surface area is 92.1 Å². The molecule has 3 nitrogen and oxygen atoms in total. The minimum Gasteiger partial charge on any atom is -0.397 e. The maximum absolute atomic E-state index is 12.3. The Hall–Kier alpha value is -1.46. The summed E-state index contributed by atoms with van der Waals surface area (Å²) in [6.07, 6.45) is -0.802. The Morgan fingerprint density at radius 3 is 2.56 bits per heavy atom. The van der Waals surface area contributed by atoms with E-state index in [0.29, 0.717) is 24.3 Å². The highest BCUT2D eigenvalue weighted by Gasteiger charge is 2.30. The molecular formula is C10H14F3N3. The quantitative estimate of drug-likeness (QED) is 0.868. The summed E-state index contributed by atoms with van der Waals surface area (Å²) in [6, 6.07) is 1.49. The second-order valence-electron chi connectivity index (χ2n) is 3.51. The van der Waals surface area contributed by atoms with Crippen LogP contribution in [0.4, 0.5) is 24.5 Å². The molecule has 0 atom stereocenters. The Morgan fingerprint density at radius 2 is 2.06 bits per heavy atom. The van der Waals surface area contributed by atoms with Gasteiger partial charge in [0.25, 0.3) is 0 Å². The second kappa shape index (κ2) is 5.05. The number of pyridine rings is 1. The SMILES string of the molecule is CCCN(CC(F)(F)F)c1cncc(N)c1. The van der Waals surface area contributed by atoms with E-state index in [2.05, 4.69) is 4.98 Å². The number of anilines is 2. The molecule has 1 aromatic heterocycles. The third-order valence-corrected chi connectivity index (χ3v) is 1.97. The third-order valence-electron chi connectivity index (χ3n) is 1.97. The number of halogens is 3. The molecule has 0 aromatic carbocycles. The van der Waals surface area contributed by atoms with Crippen molar-refractivity contribution in [1.82, 2.24) is 4.98 Å². The molecule has 1 aromatic rings. The van der Waals surface area contributed by atoms with Crippen LogP contribution in [0.15, 0.2) is 18.5 Å². The van der Waals surface area contributed by atoms with Gasteiger partial charge in [0, 0.05) is 12.7 Å². The van der Waals surface area contributed by atoms with Crippen LogP contribution in [0.1, 0.15) is 13.3 Å². The number of aromatic nitrogens is 1. The molecule has 90 valence electrons. The molecule has 1 heterocycles. The van der Waals surface area contributed by atoms with Gasteiger partial charge >= 0.3 is 6.18 Å². The molecule has 0 aliphatic rings. The minimum absolute atomic E-state index is 0.324. The fourth-order valence-corrected chi connectivity index (χ4v) is 1.40. The Kier molecular flexibility index (Phi) is 3.98. The summed E-state index contributed by atoms with van der Waals surface area (Å²) in [5.74, 6) is 0. The van der Waals surface area contributed by atoms with Crippen LogP contribution < -0.4 is 10.6 Å². The molecule has 16 heavy (non-hydrogen) atoms. The van der Waals surface area contributed by atoms with Gasteiger partial charge < -0.3 is 10.6 Å². The molecule has 0 unspecified atom stereocenters. The van der Waals surface area contributed by atoms with Gasteiger partial charge in [-0.05, 0) is 12.5 Å². The van der Waals surface area contributed by atoms with Crippen LogP contribution in [-0.4, -0.2) is 24.2 Å². The lowest BCUT2D eigenvalue weighted by Crippen LogP contribution is -2.34. The molecule has 0 saturated carbocycles. The first-order valence-electron chi connectivity index (χ1n) is 4.94. The van der Waals surface area contributed by atoms with Crippen molar-refractivity contribution < 1.29 is 13.2 Å². The topological polar surface area (TPSA) is 42.2 Å². The van der Waals surface area contributed by atoms with Gasteiger partial charge in [0.05, 0.1) is 17.6 Å². The fourth-order valence-electron chi connectivity index (χ4n) is 1.40. The van der Waals surface area contributed by atoms with Crippen LogP contribution in [0.25, 0.3) is 0 Å². The smallest absolute Gasteiger partial charge is 0.397 e. The molecule has 6 heteroatoms. The zero-order valence-corrected chi connectivity index (χ0v) is 8.96. The Balaban J connectivity index is 2.85. The number of alkyl halides is 3. The van der Waals surface area contributed by atoms with E-state index in [1.165, 1.54) is 23.4 Å². The van der Waals surface area contributed by atoms with Gasteiger partial charge in [0.1, 0.15) is 6.54 Å². The number of nitrogens with zero attached hydrogens (tertiary/aromatic N) is 2. The third kappa shape index (κ3) is 3.96. The molecule has 0 aliphatic heterocycles. The van der Waals surface area contributed by atoms with E-state index in [1.807, 2.05) is 6.92 Å². The number of hydrogen-bond acceptors (Lipinski definition) is 3. The van der Waals surface area contributed by atoms with E-state index >= 15 is 0 Å². The molecule has 0 bridgehead atoms. The van der Waals surface area contributed by atoms with Crippen molar-refractivity contribution in [2.24, 2.45) is 0 Å². The van der Waals surface area contributed by atoms with Gasteiger partial charge in [-0.3, -0.25) is 4.98 Å². The number of rotatable bonds is 4. The monoisotopic (exact) mass is 233 g/mol. The first-order chi connectivity index (χ1) is 7.42. The average molecular weight is 233 g/mol. The van der Waals surface area contributed by atoms with Gasteiger partial charge in [0.2, 0.25) is 0 Å². The maximum atomic E-state index is 12.3. The van der Waals surface area contributed by atoms with Crippen molar-refractivity contribution in [3.8, 4) is 0 Å². The Bertz CT molecular complexity index is 338. The lowest BCUT2D eigenvalue weighted by Gasteiger charge is -2.25. The molecule has 1 rings (SSSR count). The predicted molar refractivity (Wildman–Crippen MR) is 57.2 cm³/mol. The van der Waals surface area contributed by atoms with Crippen molar-refractivity contribution in [2.45, 2.75) is 19.5 Å². The van der Waals surface area contributed by atoms with E-state index in [-0.39, 0.29) is 0 Å². The molecule has 0 saturated heterocycles. The summed E-state index contributed by atoms with van der Waals surface area (Å²) >= 11 is 0.